The molecule has 1 spiro atoms. The maximum absolute atomic E-state index is 2.52. The normalized spacial score (nSPS) is 13.6. The maximum atomic E-state index is 2.52. The standard InChI is InChI=1S/C66H55N3/c1-43-10-22-49(23-11-43)67(50-24-12-44(2)13-25-50)55-34-37-59-58-8-7-9-62(58)66(63(59)40-55)64-41-56(68(51-26-14-45(3)15-27-51)52-28-16-46(4)17-29-52)35-38-60(64)61-39-36-57(42-65(61)66)69(53-30-18-47(5)19-31-53)54-32-20-48(6)21-33-54/h7-8,10-42H,9H2,1-6H3. The summed E-state index contributed by atoms with van der Waals surface area (Å²) in [6, 6.07) is 75.6. The minimum atomic E-state index is -0.592. The molecule has 0 unspecified atom stereocenters. The topological polar surface area (TPSA) is 9.72 Å². The molecule has 3 aliphatic rings. The molecule has 0 N–H and O–H groups in total. The number of hydrogen-bond donors (Lipinski definition) is 0. The van der Waals surface area contributed by atoms with Crippen LogP contribution in [0.3, 0.4) is 0 Å². The van der Waals surface area contributed by atoms with Gasteiger partial charge in [-0.15, -0.1) is 0 Å². The van der Waals surface area contributed by atoms with Crippen molar-refractivity contribution in [1.29, 1.82) is 0 Å². The van der Waals surface area contributed by atoms with Crippen molar-refractivity contribution in [3.63, 3.8) is 0 Å². The fourth-order valence-electron chi connectivity index (χ4n) is 11.2. The fraction of sp³-hybridized carbons (Fsp3) is 0.121. The molecular weight excluding hydrogens is 835 g/mol. The van der Waals surface area contributed by atoms with Crippen LogP contribution in [0.4, 0.5) is 51.2 Å². The van der Waals surface area contributed by atoms with Crippen LogP contribution in [-0.4, -0.2) is 0 Å². The quantitative estimate of drug-likeness (QED) is 0.143. The van der Waals surface area contributed by atoms with Crippen LogP contribution in [0.1, 0.15) is 62.1 Å². The Labute approximate surface area is 407 Å². The largest absolute Gasteiger partial charge is 0.310 e. The second kappa shape index (κ2) is 16.6. The summed E-state index contributed by atoms with van der Waals surface area (Å²) in [5.41, 5.74) is 27.6. The molecular formula is C66H55N3. The predicted molar refractivity (Wildman–Crippen MR) is 291 cm³/mol. The van der Waals surface area contributed by atoms with Gasteiger partial charge in [-0.2, -0.15) is 0 Å². The number of anilines is 9. The van der Waals surface area contributed by atoms with Gasteiger partial charge in [-0.05, 0) is 202 Å². The van der Waals surface area contributed by atoms with Gasteiger partial charge >= 0.3 is 0 Å². The number of rotatable bonds is 9. The molecule has 3 nitrogen and oxygen atoms in total. The second-order valence-corrected chi connectivity index (χ2v) is 19.5. The summed E-state index contributed by atoms with van der Waals surface area (Å²) >= 11 is 0. The first-order chi connectivity index (χ1) is 33.6. The van der Waals surface area contributed by atoms with E-state index in [1.807, 2.05) is 0 Å². The molecule has 69 heavy (non-hydrogen) atoms. The van der Waals surface area contributed by atoms with E-state index in [0.29, 0.717) is 0 Å². The predicted octanol–water partition coefficient (Wildman–Crippen LogP) is 18.0. The van der Waals surface area contributed by atoms with Gasteiger partial charge in [0, 0.05) is 51.2 Å². The van der Waals surface area contributed by atoms with E-state index in [2.05, 4.69) is 269 Å². The number of fused-ring (bicyclic) bond motifs is 9. The van der Waals surface area contributed by atoms with Crippen LogP contribution in [0.25, 0.3) is 16.7 Å². The lowest BCUT2D eigenvalue weighted by Gasteiger charge is -2.35. The molecule has 3 aliphatic carbocycles. The molecule has 9 aromatic rings. The average molecular weight is 890 g/mol. The highest BCUT2D eigenvalue weighted by Crippen LogP contribution is 2.65. The zero-order chi connectivity index (χ0) is 47.0. The van der Waals surface area contributed by atoms with E-state index in [1.54, 1.807) is 0 Å². The first kappa shape index (κ1) is 42.2. The third kappa shape index (κ3) is 7.03. The Balaban J connectivity index is 1.14. The van der Waals surface area contributed by atoms with Crippen LogP contribution in [-0.2, 0) is 5.41 Å². The monoisotopic (exact) mass is 889 g/mol. The van der Waals surface area contributed by atoms with E-state index in [4.69, 9.17) is 0 Å². The number of benzene rings is 9. The van der Waals surface area contributed by atoms with Crippen molar-refractivity contribution in [2.75, 3.05) is 14.7 Å². The molecule has 334 valence electrons. The number of nitrogens with zero attached hydrogens (tertiary/aromatic N) is 3. The van der Waals surface area contributed by atoms with Gasteiger partial charge in [0.15, 0.2) is 0 Å². The van der Waals surface area contributed by atoms with Gasteiger partial charge in [0.05, 0.1) is 5.41 Å². The third-order valence-corrected chi connectivity index (χ3v) is 14.7. The molecule has 3 heteroatoms. The first-order valence-corrected chi connectivity index (χ1v) is 24.3. The number of allylic oxidation sites excluding steroid dienone is 4. The SMILES string of the molecule is Cc1ccc(N(c2ccc(C)cc2)c2ccc3c(c2)C2(C4=C3C=CC4)c3cc(N(c4ccc(C)cc4)c4ccc(C)cc4)ccc3-c3ccc(N(c4ccc(C)cc4)c4ccc(C)cc4)cc32)cc1. The van der Waals surface area contributed by atoms with Gasteiger partial charge in [-0.1, -0.05) is 137 Å². The molecule has 0 atom stereocenters. The van der Waals surface area contributed by atoms with Crippen LogP contribution in [0.15, 0.2) is 218 Å². The second-order valence-electron chi connectivity index (χ2n) is 19.5. The number of hydrogen-bond acceptors (Lipinski definition) is 3. The molecule has 12 rings (SSSR count). The Morgan fingerprint density at radius 1 is 0.290 bits per heavy atom. The van der Waals surface area contributed by atoms with Crippen molar-refractivity contribution in [3.8, 4) is 11.1 Å². The van der Waals surface area contributed by atoms with Crippen LogP contribution < -0.4 is 14.7 Å². The third-order valence-electron chi connectivity index (χ3n) is 14.7. The van der Waals surface area contributed by atoms with Crippen molar-refractivity contribution in [2.45, 2.75) is 53.4 Å². The van der Waals surface area contributed by atoms with E-state index < -0.39 is 5.41 Å². The summed E-state index contributed by atoms with van der Waals surface area (Å²) in [5, 5.41) is 0. The molecule has 0 saturated heterocycles. The highest BCUT2D eigenvalue weighted by molar-refractivity contribution is 6.01. The molecule has 9 aromatic carbocycles. The minimum Gasteiger partial charge on any atom is -0.310 e. The molecule has 0 fully saturated rings. The maximum Gasteiger partial charge on any atom is 0.0693 e. The van der Waals surface area contributed by atoms with E-state index in [1.165, 1.54) is 77.9 Å². The number of aryl methyl sites for hydroxylation is 6. The van der Waals surface area contributed by atoms with Gasteiger partial charge in [0.1, 0.15) is 0 Å². The Hall–Kier alpha value is -8.14. The Morgan fingerprint density at radius 3 is 0.826 bits per heavy atom. The van der Waals surface area contributed by atoms with E-state index in [9.17, 15) is 0 Å². The van der Waals surface area contributed by atoms with Crippen LogP contribution >= 0.6 is 0 Å². The molecule has 0 heterocycles. The highest BCUT2D eigenvalue weighted by Gasteiger charge is 2.53. The van der Waals surface area contributed by atoms with Crippen molar-refractivity contribution in [1.82, 2.24) is 0 Å². The summed E-state index contributed by atoms with van der Waals surface area (Å²) in [5.74, 6) is 0. The van der Waals surface area contributed by atoms with Gasteiger partial charge < -0.3 is 14.7 Å². The van der Waals surface area contributed by atoms with Gasteiger partial charge in [0.2, 0.25) is 0 Å². The minimum absolute atomic E-state index is 0.592. The van der Waals surface area contributed by atoms with Crippen molar-refractivity contribution < 1.29 is 0 Å². The summed E-state index contributed by atoms with van der Waals surface area (Å²) in [6.45, 7) is 13.0. The van der Waals surface area contributed by atoms with Gasteiger partial charge in [-0.25, -0.2) is 0 Å². The van der Waals surface area contributed by atoms with Crippen LogP contribution in [0.2, 0.25) is 0 Å². The molecule has 0 aromatic heterocycles. The van der Waals surface area contributed by atoms with Gasteiger partial charge in [-0.3, -0.25) is 0 Å². The lowest BCUT2D eigenvalue weighted by Crippen LogP contribution is -2.28. The van der Waals surface area contributed by atoms with Crippen molar-refractivity contribution in [3.05, 3.63) is 274 Å². The summed E-state index contributed by atoms with van der Waals surface area (Å²) in [6.07, 6.45) is 5.64. The summed E-state index contributed by atoms with van der Waals surface area (Å²) in [4.78, 5) is 7.30. The van der Waals surface area contributed by atoms with Gasteiger partial charge in [0.25, 0.3) is 0 Å². The Morgan fingerprint density at radius 2 is 0.536 bits per heavy atom. The summed E-state index contributed by atoms with van der Waals surface area (Å²) < 4.78 is 0. The zero-order valence-electron chi connectivity index (χ0n) is 40.3. The molecule has 0 amide bonds. The summed E-state index contributed by atoms with van der Waals surface area (Å²) in [7, 11) is 0. The molecule has 0 bridgehead atoms. The highest BCUT2D eigenvalue weighted by atomic mass is 15.2. The zero-order valence-corrected chi connectivity index (χ0v) is 40.3. The van der Waals surface area contributed by atoms with E-state index in [0.717, 1.165) is 57.6 Å². The Bertz CT molecular complexity index is 3200. The molecule has 0 saturated carbocycles. The lowest BCUT2D eigenvalue weighted by molar-refractivity contribution is 0.749. The smallest absolute Gasteiger partial charge is 0.0693 e. The van der Waals surface area contributed by atoms with Crippen LogP contribution in [0.5, 0.6) is 0 Å². The van der Waals surface area contributed by atoms with Crippen molar-refractivity contribution >= 4 is 56.8 Å². The van der Waals surface area contributed by atoms with Crippen LogP contribution in [0, 0.1) is 41.5 Å². The Kier molecular flexibility index (Phi) is 10.1. The van der Waals surface area contributed by atoms with Crippen molar-refractivity contribution in [2.24, 2.45) is 0 Å². The first-order valence-electron chi connectivity index (χ1n) is 24.3. The fourth-order valence-corrected chi connectivity index (χ4v) is 11.2. The van der Waals surface area contributed by atoms with E-state index in [-0.39, 0.29) is 0 Å². The molecule has 0 aliphatic heterocycles. The average Bonchev–Trinajstić information content (AvgIpc) is 4.04. The van der Waals surface area contributed by atoms with E-state index >= 15 is 0 Å². The molecule has 0 radical (unpaired) electrons. The lowest BCUT2D eigenvalue weighted by atomic mass is 9.68.